The van der Waals surface area contributed by atoms with Crippen LogP contribution in [0, 0.1) is 13.8 Å². The molecule has 5 nitrogen and oxygen atoms in total. The first-order valence-corrected chi connectivity index (χ1v) is 9.62. The summed E-state index contributed by atoms with van der Waals surface area (Å²) in [6, 6.07) is 13.8. The first-order valence-electron chi connectivity index (χ1n) is 9.62. The number of rotatable bonds is 6. The van der Waals surface area contributed by atoms with Gasteiger partial charge < -0.3 is 19.9 Å². The smallest absolute Gasteiger partial charge is 0.262 e. The quantitative estimate of drug-likeness (QED) is 0.849. The molecule has 1 N–H and O–H groups in total. The number of anilines is 2. The molecule has 1 heterocycles. The molecule has 1 amide bonds. The number of nitrogens with one attached hydrogen (secondary N) is 1. The maximum atomic E-state index is 12.2. The number of benzene rings is 2. The van der Waals surface area contributed by atoms with Gasteiger partial charge in [-0.3, -0.25) is 4.79 Å². The van der Waals surface area contributed by atoms with Gasteiger partial charge in [-0.25, -0.2) is 0 Å². The van der Waals surface area contributed by atoms with Crippen LogP contribution in [0.2, 0.25) is 0 Å². The Balaban J connectivity index is 1.55. The molecule has 144 valence electrons. The summed E-state index contributed by atoms with van der Waals surface area (Å²) in [6.45, 7) is 11.7. The zero-order valence-corrected chi connectivity index (χ0v) is 16.5. The summed E-state index contributed by atoms with van der Waals surface area (Å²) in [5, 5.41) is 2.92. The summed E-state index contributed by atoms with van der Waals surface area (Å²) in [5.41, 5.74) is 4.34. The van der Waals surface area contributed by atoms with Crippen molar-refractivity contribution in [3.8, 4) is 5.75 Å². The molecule has 3 rings (SSSR count). The molecular weight excluding hydrogens is 338 g/mol. The van der Waals surface area contributed by atoms with E-state index in [-0.39, 0.29) is 12.5 Å². The van der Waals surface area contributed by atoms with Gasteiger partial charge in [0.25, 0.3) is 5.91 Å². The summed E-state index contributed by atoms with van der Waals surface area (Å²) >= 11 is 0. The lowest BCUT2D eigenvalue weighted by atomic mass is 10.1. The number of piperazine rings is 1. The van der Waals surface area contributed by atoms with E-state index in [1.54, 1.807) is 0 Å². The van der Waals surface area contributed by atoms with E-state index in [0.29, 0.717) is 5.75 Å². The average Bonchev–Trinajstić information content (AvgIpc) is 2.67. The summed E-state index contributed by atoms with van der Waals surface area (Å²) in [7, 11) is 0. The van der Waals surface area contributed by atoms with Crippen LogP contribution in [0.4, 0.5) is 11.4 Å². The zero-order valence-electron chi connectivity index (χ0n) is 16.5. The number of hydrogen-bond donors (Lipinski definition) is 1. The van der Waals surface area contributed by atoms with E-state index in [1.165, 1.54) is 11.3 Å². The van der Waals surface area contributed by atoms with Crippen LogP contribution in [0.1, 0.15) is 18.1 Å². The molecule has 1 saturated heterocycles. The second-order valence-electron chi connectivity index (χ2n) is 7.08. The molecule has 0 saturated carbocycles. The number of ether oxygens (including phenoxy) is 1. The standard InChI is InChI=1S/C22H29N3O2/c1-4-24-10-12-25(13-11-24)21-9-8-19(15-18(21)3)23-22(26)16-27-20-7-5-6-17(2)14-20/h5-9,14-15H,4,10-13,16H2,1-3H3,(H,23,26). The number of carbonyl (C=O) groups excluding carboxylic acids is 1. The zero-order chi connectivity index (χ0) is 19.2. The normalized spacial score (nSPS) is 14.9. The van der Waals surface area contributed by atoms with E-state index < -0.39 is 0 Å². The Morgan fingerprint density at radius 3 is 2.52 bits per heavy atom. The topological polar surface area (TPSA) is 44.8 Å². The van der Waals surface area contributed by atoms with Crippen LogP contribution in [0.5, 0.6) is 5.75 Å². The molecule has 0 radical (unpaired) electrons. The first-order chi connectivity index (χ1) is 13.0. The average molecular weight is 367 g/mol. The van der Waals surface area contributed by atoms with Crippen molar-refractivity contribution >= 4 is 17.3 Å². The molecule has 5 heteroatoms. The molecule has 0 unspecified atom stereocenters. The maximum Gasteiger partial charge on any atom is 0.262 e. The van der Waals surface area contributed by atoms with Crippen LogP contribution in [0.25, 0.3) is 0 Å². The number of amides is 1. The monoisotopic (exact) mass is 367 g/mol. The summed E-state index contributed by atoms with van der Waals surface area (Å²) in [6.07, 6.45) is 0. The van der Waals surface area contributed by atoms with Crippen LogP contribution >= 0.6 is 0 Å². The number of likely N-dealkylation sites (N-methyl/N-ethyl adjacent to an activating group) is 1. The lowest BCUT2D eigenvalue weighted by molar-refractivity contribution is -0.118. The molecule has 2 aromatic rings. The number of hydrogen-bond acceptors (Lipinski definition) is 4. The first kappa shape index (κ1) is 19.2. The van der Waals surface area contributed by atoms with Crippen molar-refractivity contribution in [2.75, 3.05) is 49.5 Å². The van der Waals surface area contributed by atoms with Gasteiger partial charge in [-0.05, 0) is 61.9 Å². The van der Waals surface area contributed by atoms with Gasteiger partial charge in [0, 0.05) is 37.6 Å². The predicted molar refractivity (Wildman–Crippen MR) is 111 cm³/mol. The van der Waals surface area contributed by atoms with Crippen molar-refractivity contribution in [3.05, 3.63) is 53.6 Å². The second kappa shape index (κ2) is 8.91. The third-order valence-electron chi connectivity index (χ3n) is 5.00. The highest BCUT2D eigenvalue weighted by atomic mass is 16.5. The third kappa shape index (κ3) is 5.23. The van der Waals surface area contributed by atoms with E-state index in [0.717, 1.165) is 44.0 Å². The highest BCUT2D eigenvalue weighted by Gasteiger charge is 2.17. The third-order valence-corrected chi connectivity index (χ3v) is 5.00. The molecular formula is C22H29N3O2. The summed E-state index contributed by atoms with van der Waals surface area (Å²) in [4.78, 5) is 17.1. The lowest BCUT2D eigenvalue weighted by Crippen LogP contribution is -2.46. The van der Waals surface area contributed by atoms with Crippen molar-refractivity contribution in [2.24, 2.45) is 0 Å². The van der Waals surface area contributed by atoms with Crippen molar-refractivity contribution in [2.45, 2.75) is 20.8 Å². The maximum absolute atomic E-state index is 12.2. The number of aryl methyl sites for hydroxylation is 2. The molecule has 1 fully saturated rings. The van der Waals surface area contributed by atoms with E-state index in [4.69, 9.17) is 4.74 Å². The largest absolute Gasteiger partial charge is 0.484 e. The Morgan fingerprint density at radius 1 is 1.07 bits per heavy atom. The van der Waals surface area contributed by atoms with E-state index in [1.807, 2.05) is 43.3 Å². The fourth-order valence-electron chi connectivity index (χ4n) is 3.44. The summed E-state index contributed by atoms with van der Waals surface area (Å²) < 4.78 is 5.57. The Kier molecular flexibility index (Phi) is 6.35. The molecule has 0 aromatic heterocycles. The molecule has 0 aliphatic carbocycles. The lowest BCUT2D eigenvalue weighted by Gasteiger charge is -2.36. The molecule has 1 aliphatic rings. The molecule has 2 aromatic carbocycles. The Hall–Kier alpha value is -2.53. The molecule has 27 heavy (non-hydrogen) atoms. The predicted octanol–water partition coefficient (Wildman–Crippen LogP) is 3.46. The molecule has 0 spiro atoms. The fraction of sp³-hybridized carbons (Fsp3) is 0.409. The SMILES string of the molecule is CCN1CCN(c2ccc(NC(=O)COc3cccc(C)c3)cc2C)CC1. The van der Waals surface area contributed by atoms with E-state index >= 15 is 0 Å². The fourth-order valence-corrected chi connectivity index (χ4v) is 3.44. The highest BCUT2D eigenvalue weighted by molar-refractivity contribution is 5.92. The van der Waals surface area contributed by atoms with Crippen LogP contribution < -0.4 is 15.0 Å². The minimum atomic E-state index is -0.153. The van der Waals surface area contributed by atoms with Gasteiger partial charge >= 0.3 is 0 Å². The van der Waals surface area contributed by atoms with Crippen LogP contribution in [-0.4, -0.2) is 50.1 Å². The molecule has 0 bridgehead atoms. The van der Waals surface area contributed by atoms with Crippen LogP contribution in [0.3, 0.4) is 0 Å². The Labute approximate surface area is 161 Å². The van der Waals surface area contributed by atoms with Crippen molar-refractivity contribution in [1.82, 2.24) is 4.90 Å². The van der Waals surface area contributed by atoms with Crippen molar-refractivity contribution in [3.63, 3.8) is 0 Å². The number of nitrogens with zero attached hydrogens (tertiary/aromatic N) is 2. The minimum absolute atomic E-state index is 0.00320. The highest BCUT2D eigenvalue weighted by Crippen LogP contribution is 2.25. The second-order valence-corrected chi connectivity index (χ2v) is 7.08. The van der Waals surface area contributed by atoms with Crippen LogP contribution in [0.15, 0.2) is 42.5 Å². The van der Waals surface area contributed by atoms with Crippen LogP contribution in [-0.2, 0) is 4.79 Å². The summed E-state index contributed by atoms with van der Waals surface area (Å²) in [5.74, 6) is 0.558. The van der Waals surface area contributed by atoms with Gasteiger partial charge in [0.15, 0.2) is 6.61 Å². The molecule has 0 atom stereocenters. The Bertz CT molecular complexity index is 783. The minimum Gasteiger partial charge on any atom is -0.484 e. The number of carbonyl (C=O) groups is 1. The Morgan fingerprint density at radius 2 is 1.85 bits per heavy atom. The molecule has 1 aliphatic heterocycles. The van der Waals surface area contributed by atoms with Gasteiger partial charge in [-0.1, -0.05) is 19.1 Å². The van der Waals surface area contributed by atoms with E-state index in [9.17, 15) is 4.79 Å². The van der Waals surface area contributed by atoms with Crippen molar-refractivity contribution in [1.29, 1.82) is 0 Å². The van der Waals surface area contributed by atoms with Gasteiger partial charge in [0.2, 0.25) is 0 Å². The van der Waals surface area contributed by atoms with Gasteiger partial charge in [-0.15, -0.1) is 0 Å². The van der Waals surface area contributed by atoms with E-state index in [2.05, 4.69) is 35.0 Å². The van der Waals surface area contributed by atoms with Gasteiger partial charge in [0.05, 0.1) is 0 Å². The van der Waals surface area contributed by atoms with Crippen molar-refractivity contribution < 1.29 is 9.53 Å². The van der Waals surface area contributed by atoms with Gasteiger partial charge in [0.1, 0.15) is 5.75 Å². The van der Waals surface area contributed by atoms with Gasteiger partial charge in [-0.2, -0.15) is 0 Å².